The fourth-order valence-corrected chi connectivity index (χ4v) is 11.2. The molecule has 19 heteroatoms. The average Bonchev–Trinajstić information content (AvgIpc) is 3.86. The summed E-state index contributed by atoms with van der Waals surface area (Å²) < 4.78 is 17.9. The number of carbonyl (C=O) groups is 7. The number of rotatable bonds is 15. The van der Waals surface area contributed by atoms with Crippen LogP contribution < -0.4 is 15.5 Å². The molecule has 4 bridgehead atoms. The number of nitrogens with one attached hydrogen (secondary N) is 2. The summed E-state index contributed by atoms with van der Waals surface area (Å²) in [5, 5.41) is 17.5. The van der Waals surface area contributed by atoms with Gasteiger partial charge in [0.1, 0.15) is 29.6 Å². The first kappa shape index (κ1) is 53.6. The lowest BCUT2D eigenvalue weighted by Crippen LogP contribution is -2.60. The number of nitrogens with zero attached hydrogens (tertiary/aromatic N) is 3. The first-order valence-corrected chi connectivity index (χ1v) is 25.4. The van der Waals surface area contributed by atoms with Crippen molar-refractivity contribution in [3.8, 4) is 0 Å². The Morgan fingerprint density at radius 2 is 1.81 bits per heavy atom. The summed E-state index contributed by atoms with van der Waals surface area (Å²) in [4.78, 5) is 94.3. The summed E-state index contributed by atoms with van der Waals surface area (Å²) in [5.74, 6) is -2.67. The van der Waals surface area contributed by atoms with Crippen molar-refractivity contribution in [1.29, 1.82) is 0 Å². The van der Waals surface area contributed by atoms with Crippen molar-refractivity contribution in [3.63, 3.8) is 0 Å². The average molecular weight is 989 g/mol. The monoisotopic (exact) mass is 987 g/mol. The van der Waals surface area contributed by atoms with E-state index in [0.717, 1.165) is 21.6 Å². The molecule has 8 atom stereocenters. The number of fused-ring (bicyclic) bond motifs is 5. The smallest absolute Gasteiger partial charge is 0.409 e. The molecule has 0 radical (unpaired) electrons. The van der Waals surface area contributed by atoms with E-state index in [2.05, 4.69) is 10.6 Å². The molecule has 1 aromatic rings. The van der Waals surface area contributed by atoms with Gasteiger partial charge < -0.3 is 34.4 Å². The van der Waals surface area contributed by atoms with Crippen LogP contribution in [0, 0.1) is 18.8 Å². The number of aliphatic hydroxyl groups is 1. The Bertz CT molecular complexity index is 2170. The Kier molecular flexibility index (Phi) is 17.9. The second-order valence-electron chi connectivity index (χ2n) is 18.9. The number of hydrogen-bond acceptors (Lipinski definition) is 13. The van der Waals surface area contributed by atoms with Crippen LogP contribution in [0.1, 0.15) is 98.1 Å². The van der Waals surface area contributed by atoms with Crippen LogP contribution in [0.5, 0.6) is 0 Å². The molecule has 2 saturated heterocycles. The summed E-state index contributed by atoms with van der Waals surface area (Å²) in [6, 6.07) is 2.80. The molecular formula is C48H66ClN5O11S2. The highest BCUT2D eigenvalue weighted by Crippen LogP contribution is 2.49. The van der Waals surface area contributed by atoms with Crippen molar-refractivity contribution in [1.82, 2.24) is 20.4 Å². The molecule has 2 fully saturated rings. The van der Waals surface area contributed by atoms with E-state index in [1.165, 1.54) is 29.0 Å². The van der Waals surface area contributed by atoms with Gasteiger partial charge in [-0.3, -0.25) is 34.2 Å². The Labute approximate surface area is 406 Å². The molecule has 0 saturated carbocycles. The van der Waals surface area contributed by atoms with E-state index in [9.17, 15) is 38.7 Å². The molecule has 16 nitrogen and oxygen atoms in total. The number of hydrogen-bond donors (Lipinski definition) is 3. The predicted molar refractivity (Wildman–Crippen MR) is 259 cm³/mol. The van der Waals surface area contributed by atoms with E-state index in [1.807, 2.05) is 71.9 Å². The third-order valence-corrected chi connectivity index (χ3v) is 17.0. The zero-order valence-corrected chi connectivity index (χ0v) is 42.5. The maximum Gasteiger partial charge on any atom is 0.409 e. The first-order valence-electron chi connectivity index (χ1n) is 22.7. The van der Waals surface area contributed by atoms with E-state index in [1.54, 1.807) is 42.5 Å². The van der Waals surface area contributed by atoms with E-state index in [-0.39, 0.29) is 67.1 Å². The van der Waals surface area contributed by atoms with Crippen molar-refractivity contribution in [3.05, 3.63) is 64.2 Å². The van der Waals surface area contributed by atoms with Gasteiger partial charge in [-0.05, 0) is 78.0 Å². The molecular weight excluding hydrogens is 922 g/mol. The number of ether oxygens (including phenoxy) is 3. The van der Waals surface area contributed by atoms with Gasteiger partial charge in [-0.2, -0.15) is 0 Å². The first-order chi connectivity index (χ1) is 31.4. The Balaban J connectivity index is 1.22. The maximum atomic E-state index is 14.3. The maximum absolute atomic E-state index is 14.3. The second kappa shape index (κ2) is 22.4. The van der Waals surface area contributed by atoms with E-state index in [0.29, 0.717) is 35.7 Å². The lowest BCUT2D eigenvalue weighted by Gasteiger charge is -2.41. The quantitative estimate of drug-likeness (QED) is 0.0590. The van der Waals surface area contributed by atoms with Crippen LogP contribution in [-0.2, 0) is 49.4 Å². The number of epoxide rings is 1. The molecule has 1 aromatic carbocycles. The lowest BCUT2D eigenvalue weighted by atomic mass is 9.82. The topological polar surface area (TPSA) is 204 Å². The van der Waals surface area contributed by atoms with Crippen LogP contribution in [0.3, 0.4) is 0 Å². The van der Waals surface area contributed by atoms with Crippen LogP contribution in [0.25, 0.3) is 0 Å². The summed E-state index contributed by atoms with van der Waals surface area (Å²) in [7, 11) is 6.35. The van der Waals surface area contributed by atoms with Crippen LogP contribution in [-0.4, -0.2) is 130 Å². The lowest BCUT2D eigenvalue weighted by molar-refractivity contribution is -0.162. The van der Waals surface area contributed by atoms with Gasteiger partial charge in [0.05, 0.1) is 23.2 Å². The molecule has 0 spiro atoms. The summed E-state index contributed by atoms with van der Waals surface area (Å²) in [5.41, 5.74) is 0.352. The number of halogens is 1. The van der Waals surface area contributed by atoms with Crippen LogP contribution in [0.4, 0.5) is 10.5 Å². The van der Waals surface area contributed by atoms with E-state index in [4.69, 9.17) is 25.8 Å². The number of allylic oxidation sites excluding steroid dienone is 3. The van der Waals surface area contributed by atoms with Crippen molar-refractivity contribution in [2.45, 2.75) is 141 Å². The van der Waals surface area contributed by atoms with Crippen LogP contribution in [0.15, 0.2) is 48.1 Å². The molecule has 0 unspecified atom stereocenters. The van der Waals surface area contributed by atoms with Gasteiger partial charge in [-0.1, -0.05) is 76.9 Å². The SMILES string of the molecule is C/C1=C\C=C\[C@@H](C)[C@@]2(O)C[C@H](OC(=O)N2)[C@@H](C)[C@@H]2O[C@@]2(C)[C@@H](OC(=O)[C@H](C)N(C)C(=O)CCC(C)(C)SSCCCC(=O)NCCN2C(=O)C=CC2=O)CC(=O)N(C)c2cc(cc(C)c2Cl)C1. The summed E-state index contributed by atoms with van der Waals surface area (Å²) >= 11 is 6.82. The minimum absolute atomic E-state index is 0.0468. The third-order valence-electron chi connectivity index (χ3n) is 13.1. The molecule has 4 aliphatic heterocycles. The number of amides is 6. The van der Waals surface area contributed by atoms with Gasteiger partial charge in [-0.15, -0.1) is 0 Å². The molecule has 67 heavy (non-hydrogen) atoms. The molecule has 6 amide bonds. The van der Waals surface area contributed by atoms with Gasteiger partial charge in [0.15, 0.2) is 0 Å². The Morgan fingerprint density at radius 3 is 2.49 bits per heavy atom. The molecule has 0 aliphatic carbocycles. The Morgan fingerprint density at radius 1 is 1.12 bits per heavy atom. The van der Waals surface area contributed by atoms with Crippen LogP contribution in [0.2, 0.25) is 5.02 Å². The number of benzene rings is 1. The Hall–Kier alpha value is -4.36. The van der Waals surface area contributed by atoms with Crippen molar-refractivity contribution in [2.75, 3.05) is 37.8 Å². The molecule has 0 aromatic heterocycles. The molecule has 3 N–H and O–H groups in total. The number of carbonyl (C=O) groups excluding carboxylic acids is 7. The highest BCUT2D eigenvalue weighted by Gasteiger charge is 2.64. The summed E-state index contributed by atoms with van der Waals surface area (Å²) in [6.45, 7) is 15.1. The van der Waals surface area contributed by atoms with E-state index < -0.39 is 65.5 Å². The summed E-state index contributed by atoms with van der Waals surface area (Å²) in [6.07, 6.45) is 6.52. The van der Waals surface area contributed by atoms with Crippen molar-refractivity contribution >= 4 is 80.5 Å². The van der Waals surface area contributed by atoms with Gasteiger partial charge >= 0.3 is 12.1 Å². The van der Waals surface area contributed by atoms with Crippen molar-refractivity contribution in [2.24, 2.45) is 11.8 Å². The number of alkyl carbamates (subject to hydrolysis) is 1. The van der Waals surface area contributed by atoms with Gasteiger partial charge in [-0.25, -0.2) is 9.59 Å². The van der Waals surface area contributed by atoms with E-state index >= 15 is 0 Å². The normalized spacial score (nSPS) is 28.4. The predicted octanol–water partition coefficient (Wildman–Crippen LogP) is 6.20. The molecule has 4 heterocycles. The largest absolute Gasteiger partial charge is 0.457 e. The zero-order chi connectivity index (χ0) is 49.6. The van der Waals surface area contributed by atoms with Gasteiger partial charge in [0.25, 0.3) is 11.8 Å². The highest BCUT2D eigenvalue weighted by molar-refractivity contribution is 8.77. The number of likely N-dealkylation sites (N-methyl/N-ethyl adjacent to an activating group) is 1. The fraction of sp³-hybridized carbons (Fsp3) is 0.604. The minimum Gasteiger partial charge on any atom is -0.457 e. The standard InChI is InChI=1S/C48H66ClN5O11S2/c1-28-13-11-14-30(3)48(62)27-35(63-45(61)51-48)31(4)43-47(8,65-43)36(26-41(59)53(10)34-25-33(23-28)24-29(2)42(34)49)64-44(60)32(5)52(9)38(56)18-19-46(6,7)67-66-22-12-15-37(55)50-20-21-54-39(57)16-17-40(54)58/h11,13-14,16-17,24-25,30-32,35-36,43,62H,12,15,18-23,26-27H2,1-10H3,(H,50,55)(H,51,61)/b14-11+,28-13+/t30-,31-,32+,35+,36+,43+,47+,48+/m1/s1. The zero-order valence-electron chi connectivity index (χ0n) is 40.1. The van der Waals surface area contributed by atoms with Gasteiger partial charge in [0, 0.05) is 80.9 Å². The minimum atomic E-state index is -1.63. The molecule has 368 valence electrons. The fourth-order valence-electron chi connectivity index (χ4n) is 8.33. The second-order valence-corrected chi connectivity index (χ2v) is 22.4. The number of anilines is 1. The highest BCUT2D eigenvalue weighted by atomic mass is 35.5. The molecule has 4 aliphatic rings. The number of aryl methyl sites for hydroxylation is 1. The number of imide groups is 1. The molecule has 5 rings (SSSR count). The van der Waals surface area contributed by atoms with Gasteiger partial charge in [0.2, 0.25) is 17.7 Å². The van der Waals surface area contributed by atoms with Crippen LogP contribution >= 0.6 is 33.2 Å². The van der Waals surface area contributed by atoms with Crippen molar-refractivity contribution < 1.29 is 52.9 Å². The third kappa shape index (κ3) is 13.7. The number of esters is 1.